The molecule has 1 fully saturated rings. The molecule has 1 aromatic carbocycles. The Morgan fingerprint density at radius 2 is 2.06 bits per heavy atom. The van der Waals surface area contributed by atoms with E-state index in [0.717, 1.165) is 0 Å². The molecule has 0 unspecified atom stereocenters. The Balaban J connectivity index is 2.13. The van der Waals surface area contributed by atoms with Crippen molar-refractivity contribution in [3.05, 3.63) is 30.1 Å². The highest BCUT2D eigenvalue weighted by Crippen LogP contribution is 2.31. The van der Waals surface area contributed by atoms with Crippen molar-refractivity contribution in [3.63, 3.8) is 0 Å². The third-order valence-corrected chi connectivity index (χ3v) is 3.44. The minimum atomic E-state index is -0.638. The molecule has 0 spiro atoms. The lowest BCUT2D eigenvalue weighted by molar-refractivity contribution is -0.130. The molecule has 0 saturated carbocycles. The first kappa shape index (κ1) is 13.0. The summed E-state index contributed by atoms with van der Waals surface area (Å²) in [6.45, 7) is 1.28. The Morgan fingerprint density at radius 3 is 2.67 bits per heavy atom. The molecule has 0 bridgehead atoms. The van der Waals surface area contributed by atoms with E-state index in [0.29, 0.717) is 26.1 Å². The summed E-state index contributed by atoms with van der Waals surface area (Å²) in [7, 11) is 0. The summed E-state index contributed by atoms with van der Waals surface area (Å²) >= 11 is 0. The highest BCUT2D eigenvalue weighted by Gasteiger charge is 2.38. The Morgan fingerprint density at radius 1 is 1.39 bits per heavy atom. The third-order valence-electron chi connectivity index (χ3n) is 3.44. The molecule has 3 N–H and O–H groups in total. The van der Waals surface area contributed by atoms with E-state index in [1.807, 2.05) is 0 Å². The number of benzene rings is 1. The lowest BCUT2D eigenvalue weighted by atomic mass is 9.79. The Labute approximate surface area is 105 Å². The first-order valence-corrected chi connectivity index (χ1v) is 6.02. The molecule has 1 aliphatic rings. The van der Waals surface area contributed by atoms with Gasteiger partial charge in [-0.2, -0.15) is 0 Å². The van der Waals surface area contributed by atoms with Gasteiger partial charge in [0.15, 0.2) is 0 Å². The zero-order chi connectivity index (χ0) is 13.0. The lowest BCUT2D eigenvalue weighted by Crippen LogP contribution is -2.46. The SMILES string of the molecule is NCC1(C(=O)Nc2ccccc2F)CCOCC1. The first-order valence-electron chi connectivity index (χ1n) is 6.02. The van der Waals surface area contributed by atoms with Crippen LogP contribution in [0.4, 0.5) is 10.1 Å². The van der Waals surface area contributed by atoms with Gasteiger partial charge in [0.25, 0.3) is 0 Å². The molecule has 1 aromatic rings. The standard InChI is InChI=1S/C13H17FN2O2/c14-10-3-1-2-4-11(10)16-12(17)13(9-15)5-7-18-8-6-13/h1-4H,5-9,15H2,(H,16,17). The van der Waals surface area contributed by atoms with Gasteiger partial charge in [-0.3, -0.25) is 4.79 Å². The van der Waals surface area contributed by atoms with E-state index in [4.69, 9.17) is 10.5 Å². The quantitative estimate of drug-likeness (QED) is 0.857. The number of hydrogen-bond acceptors (Lipinski definition) is 3. The second-order valence-electron chi connectivity index (χ2n) is 4.53. The van der Waals surface area contributed by atoms with Crippen LogP contribution in [0.5, 0.6) is 0 Å². The predicted octanol–water partition coefficient (Wildman–Crippen LogP) is 1.52. The molecule has 5 heteroatoms. The summed E-state index contributed by atoms with van der Waals surface area (Å²) in [5, 5.41) is 2.62. The molecular formula is C13H17FN2O2. The Bertz CT molecular complexity index is 431. The van der Waals surface area contributed by atoms with Crippen LogP contribution in [0.25, 0.3) is 0 Å². The first-order chi connectivity index (χ1) is 8.68. The Hall–Kier alpha value is -1.46. The summed E-state index contributed by atoms with van der Waals surface area (Å²) < 4.78 is 18.7. The number of carbonyl (C=O) groups excluding carboxylic acids is 1. The van der Waals surface area contributed by atoms with Gasteiger partial charge < -0.3 is 15.8 Å². The Kier molecular flexibility index (Phi) is 3.93. The van der Waals surface area contributed by atoms with Gasteiger partial charge in [-0.25, -0.2) is 4.39 Å². The molecule has 0 aromatic heterocycles. The van der Waals surface area contributed by atoms with Crippen molar-refractivity contribution in [2.75, 3.05) is 25.1 Å². The van der Waals surface area contributed by atoms with Crippen LogP contribution >= 0.6 is 0 Å². The molecular weight excluding hydrogens is 235 g/mol. The number of carbonyl (C=O) groups is 1. The molecule has 2 rings (SSSR count). The van der Waals surface area contributed by atoms with E-state index in [9.17, 15) is 9.18 Å². The molecule has 0 atom stereocenters. The van der Waals surface area contributed by atoms with Gasteiger partial charge in [0.2, 0.25) is 5.91 Å². The zero-order valence-corrected chi connectivity index (χ0v) is 10.1. The number of ether oxygens (including phenoxy) is 1. The number of anilines is 1. The second-order valence-corrected chi connectivity index (χ2v) is 4.53. The molecule has 18 heavy (non-hydrogen) atoms. The molecule has 1 amide bonds. The molecule has 1 heterocycles. The van der Waals surface area contributed by atoms with E-state index < -0.39 is 11.2 Å². The molecule has 98 valence electrons. The fourth-order valence-corrected chi connectivity index (χ4v) is 2.10. The summed E-state index contributed by atoms with van der Waals surface area (Å²) in [6.07, 6.45) is 1.15. The molecule has 1 saturated heterocycles. The van der Waals surface area contributed by atoms with Crippen molar-refractivity contribution in [1.29, 1.82) is 0 Å². The van der Waals surface area contributed by atoms with Crippen LogP contribution in [-0.4, -0.2) is 25.7 Å². The van der Waals surface area contributed by atoms with Gasteiger partial charge >= 0.3 is 0 Å². The van der Waals surface area contributed by atoms with Crippen molar-refractivity contribution >= 4 is 11.6 Å². The summed E-state index contributed by atoms with van der Waals surface area (Å²) in [5.74, 6) is -0.663. The van der Waals surface area contributed by atoms with Gasteiger partial charge in [-0.15, -0.1) is 0 Å². The maximum Gasteiger partial charge on any atom is 0.232 e. The number of nitrogens with two attached hydrogens (primary N) is 1. The maximum absolute atomic E-state index is 13.5. The van der Waals surface area contributed by atoms with E-state index in [2.05, 4.69) is 5.32 Å². The smallest absolute Gasteiger partial charge is 0.232 e. The predicted molar refractivity (Wildman–Crippen MR) is 66.6 cm³/mol. The second kappa shape index (κ2) is 5.46. The van der Waals surface area contributed by atoms with Gasteiger partial charge in [-0.05, 0) is 25.0 Å². The maximum atomic E-state index is 13.5. The average molecular weight is 252 g/mol. The fraction of sp³-hybridized carbons (Fsp3) is 0.462. The summed E-state index contributed by atoms with van der Waals surface area (Å²) in [4.78, 5) is 12.3. The number of hydrogen-bond donors (Lipinski definition) is 2. The molecule has 0 radical (unpaired) electrons. The summed E-state index contributed by atoms with van der Waals surface area (Å²) in [5.41, 5.74) is 5.28. The molecule has 1 aliphatic heterocycles. The normalized spacial score (nSPS) is 18.3. The third kappa shape index (κ3) is 2.52. The van der Waals surface area contributed by atoms with Crippen LogP contribution in [0.1, 0.15) is 12.8 Å². The molecule has 0 aliphatic carbocycles. The van der Waals surface area contributed by atoms with Crippen LogP contribution in [0.15, 0.2) is 24.3 Å². The van der Waals surface area contributed by atoms with Crippen LogP contribution in [0, 0.1) is 11.2 Å². The van der Waals surface area contributed by atoms with Crippen molar-refractivity contribution in [3.8, 4) is 0 Å². The largest absolute Gasteiger partial charge is 0.381 e. The minimum Gasteiger partial charge on any atom is -0.381 e. The van der Waals surface area contributed by atoms with Gasteiger partial charge in [0, 0.05) is 19.8 Å². The van der Waals surface area contributed by atoms with E-state index in [1.165, 1.54) is 12.1 Å². The van der Waals surface area contributed by atoms with Gasteiger partial charge in [-0.1, -0.05) is 12.1 Å². The fourth-order valence-electron chi connectivity index (χ4n) is 2.10. The van der Waals surface area contributed by atoms with Crippen LogP contribution < -0.4 is 11.1 Å². The highest BCUT2D eigenvalue weighted by molar-refractivity contribution is 5.95. The van der Waals surface area contributed by atoms with Crippen molar-refractivity contribution in [2.45, 2.75) is 12.8 Å². The lowest BCUT2D eigenvalue weighted by Gasteiger charge is -2.34. The highest BCUT2D eigenvalue weighted by atomic mass is 19.1. The van der Waals surface area contributed by atoms with Crippen LogP contribution in [-0.2, 0) is 9.53 Å². The van der Waals surface area contributed by atoms with E-state index in [1.54, 1.807) is 12.1 Å². The summed E-state index contributed by atoms with van der Waals surface area (Å²) in [6, 6.07) is 6.11. The van der Waals surface area contributed by atoms with Crippen LogP contribution in [0.3, 0.4) is 0 Å². The van der Waals surface area contributed by atoms with Gasteiger partial charge in [0.1, 0.15) is 5.82 Å². The number of amides is 1. The van der Waals surface area contributed by atoms with Crippen LogP contribution in [0.2, 0.25) is 0 Å². The van der Waals surface area contributed by atoms with Crippen molar-refractivity contribution < 1.29 is 13.9 Å². The number of rotatable bonds is 3. The average Bonchev–Trinajstić information content (AvgIpc) is 2.42. The number of nitrogens with one attached hydrogen (secondary N) is 1. The van der Waals surface area contributed by atoms with Crippen molar-refractivity contribution in [2.24, 2.45) is 11.1 Å². The van der Waals surface area contributed by atoms with E-state index in [-0.39, 0.29) is 18.1 Å². The topological polar surface area (TPSA) is 64.4 Å². The zero-order valence-electron chi connectivity index (χ0n) is 10.1. The molecule has 4 nitrogen and oxygen atoms in total. The van der Waals surface area contributed by atoms with E-state index >= 15 is 0 Å². The van der Waals surface area contributed by atoms with Crippen molar-refractivity contribution in [1.82, 2.24) is 0 Å². The number of para-hydroxylation sites is 1. The minimum absolute atomic E-state index is 0.196. The number of halogens is 1. The van der Waals surface area contributed by atoms with Gasteiger partial charge in [0.05, 0.1) is 11.1 Å². The monoisotopic (exact) mass is 252 g/mol.